The van der Waals surface area contributed by atoms with Gasteiger partial charge in [-0.3, -0.25) is 4.57 Å². The van der Waals surface area contributed by atoms with Crippen molar-refractivity contribution in [1.29, 1.82) is 0 Å². The third kappa shape index (κ3) is 5.48. The third-order valence-electron chi connectivity index (χ3n) is 4.62. The maximum atomic E-state index is 11.5. The molecule has 0 atom stereocenters. The molecule has 0 saturated carbocycles. The number of thioether (sulfide) groups is 1. The number of nitrogens with zero attached hydrogens (tertiary/aromatic N) is 3. The van der Waals surface area contributed by atoms with E-state index in [9.17, 15) is 8.42 Å². The highest BCUT2D eigenvalue weighted by atomic mass is 32.2. The Morgan fingerprint density at radius 3 is 2.14 bits per heavy atom. The summed E-state index contributed by atoms with van der Waals surface area (Å²) in [5.41, 5.74) is 4.43. The zero-order valence-corrected chi connectivity index (χ0v) is 19.1. The van der Waals surface area contributed by atoms with Crippen LogP contribution in [-0.2, 0) is 15.3 Å². The largest absolute Gasteiger partial charge is 0.270 e. The van der Waals surface area contributed by atoms with Crippen LogP contribution in [0.25, 0.3) is 17.1 Å². The summed E-state index contributed by atoms with van der Waals surface area (Å²) in [6.07, 6.45) is 1.25. The lowest BCUT2D eigenvalue weighted by atomic mass is 9.87. The van der Waals surface area contributed by atoms with Crippen molar-refractivity contribution in [2.45, 2.75) is 38.3 Å². The van der Waals surface area contributed by atoms with Crippen molar-refractivity contribution in [2.24, 2.45) is 0 Å². The van der Waals surface area contributed by atoms with E-state index in [4.69, 9.17) is 0 Å². The molecule has 29 heavy (non-hydrogen) atoms. The van der Waals surface area contributed by atoms with Crippen molar-refractivity contribution in [3.05, 3.63) is 59.7 Å². The number of hydrogen-bond donors (Lipinski definition) is 0. The quantitative estimate of drug-likeness (QED) is 0.533. The van der Waals surface area contributed by atoms with Crippen LogP contribution in [0.15, 0.2) is 53.7 Å². The molecule has 3 rings (SSSR count). The zero-order valence-electron chi connectivity index (χ0n) is 17.5. The first-order valence-electron chi connectivity index (χ1n) is 9.48. The van der Waals surface area contributed by atoms with E-state index >= 15 is 0 Å². The minimum atomic E-state index is -3.02. The van der Waals surface area contributed by atoms with Gasteiger partial charge in [-0.2, -0.15) is 0 Å². The average molecular weight is 430 g/mol. The molecule has 1 aromatic heterocycles. The van der Waals surface area contributed by atoms with Gasteiger partial charge in [0.2, 0.25) is 0 Å². The summed E-state index contributed by atoms with van der Waals surface area (Å²) in [4.78, 5) is 0. The molecule has 0 radical (unpaired) electrons. The molecular weight excluding hydrogens is 402 g/mol. The predicted octanol–water partition coefficient (Wildman–Crippen LogP) is 4.68. The van der Waals surface area contributed by atoms with E-state index in [1.807, 2.05) is 35.8 Å². The van der Waals surface area contributed by atoms with Crippen LogP contribution >= 0.6 is 11.8 Å². The summed E-state index contributed by atoms with van der Waals surface area (Å²) < 4.78 is 25.0. The molecule has 7 heteroatoms. The molecule has 0 fully saturated rings. The highest BCUT2D eigenvalue weighted by molar-refractivity contribution is 8.00. The molecule has 0 amide bonds. The molecule has 0 spiro atoms. The molecular formula is C22H27N3O2S2. The summed E-state index contributed by atoms with van der Waals surface area (Å²) >= 11 is 1.41. The zero-order chi connectivity index (χ0) is 21.2. The van der Waals surface area contributed by atoms with Gasteiger partial charge in [0.25, 0.3) is 0 Å². The molecule has 0 aliphatic carbocycles. The first kappa shape index (κ1) is 21.6. The second kappa shape index (κ2) is 8.32. The molecule has 0 saturated heterocycles. The van der Waals surface area contributed by atoms with E-state index in [0.717, 1.165) is 17.1 Å². The summed E-state index contributed by atoms with van der Waals surface area (Å²) in [5.74, 6) is 1.29. The topological polar surface area (TPSA) is 64.8 Å². The molecule has 0 N–H and O–H groups in total. The van der Waals surface area contributed by atoms with Gasteiger partial charge in [-0.1, -0.05) is 74.5 Å². The number of hydrogen-bond acceptors (Lipinski definition) is 5. The second-order valence-corrected chi connectivity index (χ2v) is 11.6. The van der Waals surface area contributed by atoms with Gasteiger partial charge < -0.3 is 0 Å². The van der Waals surface area contributed by atoms with Gasteiger partial charge in [0.1, 0.15) is 9.84 Å². The maximum Gasteiger partial charge on any atom is 0.196 e. The summed E-state index contributed by atoms with van der Waals surface area (Å²) in [6, 6.07) is 16.6. The average Bonchev–Trinajstić information content (AvgIpc) is 3.04. The Morgan fingerprint density at radius 2 is 1.59 bits per heavy atom. The van der Waals surface area contributed by atoms with Crippen molar-refractivity contribution < 1.29 is 8.42 Å². The number of aryl methyl sites for hydroxylation is 1. The van der Waals surface area contributed by atoms with Crippen LogP contribution in [0, 0.1) is 6.92 Å². The number of rotatable bonds is 6. The van der Waals surface area contributed by atoms with Crippen molar-refractivity contribution >= 4 is 21.6 Å². The molecule has 5 nitrogen and oxygen atoms in total. The molecule has 0 aliphatic rings. The van der Waals surface area contributed by atoms with Gasteiger partial charge in [0, 0.05) is 23.3 Å². The predicted molar refractivity (Wildman–Crippen MR) is 121 cm³/mol. The maximum absolute atomic E-state index is 11.5. The Morgan fingerprint density at radius 1 is 0.966 bits per heavy atom. The lowest BCUT2D eigenvalue weighted by molar-refractivity contribution is 0.590. The lowest BCUT2D eigenvalue weighted by Gasteiger charge is -2.19. The van der Waals surface area contributed by atoms with E-state index in [2.05, 4.69) is 55.2 Å². The van der Waals surface area contributed by atoms with Crippen LogP contribution in [0.3, 0.4) is 0 Å². The Hall–Kier alpha value is -2.12. The van der Waals surface area contributed by atoms with Crippen molar-refractivity contribution in [3.8, 4) is 17.1 Å². The first-order valence-corrected chi connectivity index (χ1v) is 12.5. The fraction of sp³-hybridized carbons (Fsp3) is 0.364. The van der Waals surface area contributed by atoms with Gasteiger partial charge in [-0.05, 0) is 30.0 Å². The SMILES string of the molecule is Cc1ccc(-n2c(SCCS(C)(=O)=O)nnc2-c2ccc(C(C)(C)C)cc2)cc1. The minimum absolute atomic E-state index is 0.0792. The smallest absolute Gasteiger partial charge is 0.196 e. The molecule has 1 heterocycles. The first-order chi connectivity index (χ1) is 13.5. The second-order valence-electron chi connectivity index (χ2n) is 8.28. The van der Waals surface area contributed by atoms with Crippen molar-refractivity contribution in [3.63, 3.8) is 0 Å². The molecule has 0 bridgehead atoms. The van der Waals surface area contributed by atoms with Crippen LogP contribution in [0.2, 0.25) is 0 Å². The monoisotopic (exact) mass is 429 g/mol. The summed E-state index contributed by atoms with van der Waals surface area (Å²) in [6.45, 7) is 8.61. The molecule has 0 aliphatic heterocycles. The van der Waals surface area contributed by atoms with E-state index in [0.29, 0.717) is 10.9 Å². The Bertz CT molecular complexity index is 1080. The van der Waals surface area contributed by atoms with Crippen LogP contribution in [0.5, 0.6) is 0 Å². The molecule has 3 aromatic rings. The third-order valence-corrected chi connectivity index (χ3v) is 6.75. The minimum Gasteiger partial charge on any atom is -0.270 e. The molecule has 0 unspecified atom stereocenters. The van der Waals surface area contributed by atoms with Crippen LogP contribution in [0.1, 0.15) is 31.9 Å². The standard InChI is InChI=1S/C22H27N3O2S2/c1-16-6-12-19(13-7-16)25-20(17-8-10-18(11-9-17)22(2,3)4)23-24-21(25)28-14-15-29(5,26)27/h6-13H,14-15H2,1-5H3. The van der Waals surface area contributed by atoms with E-state index in [1.165, 1.54) is 29.1 Å². The van der Waals surface area contributed by atoms with E-state index in [1.54, 1.807) is 0 Å². The van der Waals surface area contributed by atoms with Crippen LogP contribution < -0.4 is 0 Å². The Kier molecular flexibility index (Phi) is 6.19. The van der Waals surface area contributed by atoms with Gasteiger partial charge in [-0.15, -0.1) is 10.2 Å². The summed E-state index contributed by atoms with van der Waals surface area (Å²) in [7, 11) is -3.02. The van der Waals surface area contributed by atoms with Gasteiger partial charge in [-0.25, -0.2) is 8.42 Å². The molecule has 154 valence electrons. The fourth-order valence-electron chi connectivity index (χ4n) is 2.88. The summed E-state index contributed by atoms with van der Waals surface area (Å²) in [5, 5.41) is 9.49. The van der Waals surface area contributed by atoms with E-state index < -0.39 is 9.84 Å². The number of sulfone groups is 1. The Balaban J connectivity index is 2.01. The van der Waals surface area contributed by atoms with Crippen LogP contribution in [0.4, 0.5) is 0 Å². The highest BCUT2D eigenvalue weighted by Crippen LogP contribution is 2.30. The number of benzene rings is 2. The van der Waals surface area contributed by atoms with Crippen molar-refractivity contribution in [2.75, 3.05) is 17.8 Å². The fourth-order valence-corrected chi connectivity index (χ4v) is 5.03. The Labute approximate surface area is 177 Å². The van der Waals surface area contributed by atoms with Crippen LogP contribution in [-0.4, -0.2) is 40.9 Å². The normalized spacial score (nSPS) is 12.3. The molecule has 2 aromatic carbocycles. The van der Waals surface area contributed by atoms with Gasteiger partial charge >= 0.3 is 0 Å². The van der Waals surface area contributed by atoms with Gasteiger partial charge in [0.05, 0.1) is 5.75 Å². The highest BCUT2D eigenvalue weighted by Gasteiger charge is 2.18. The number of aromatic nitrogens is 3. The van der Waals surface area contributed by atoms with Crippen molar-refractivity contribution in [1.82, 2.24) is 14.8 Å². The van der Waals surface area contributed by atoms with Gasteiger partial charge in [0.15, 0.2) is 11.0 Å². The van der Waals surface area contributed by atoms with E-state index in [-0.39, 0.29) is 11.2 Å². The lowest BCUT2D eigenvalue weighted by Crippen LogP contribution is -2.10.